The van der Waals surface area contributed by atoms with Crippen LogP contribution in [0.4, 0.5) is 8.78 Å². The van der Waals surface area contributed by atoms with Gasteiger partial charge in [0.2, 0.25) is 0 Å². The molecule has 194 valence electrons. The molecular weight excluding hydrogens is 494 g/mol. The molecule has 0 bridgehead atoms. The number of nitrogens with zero attached hydrogens (tertiary/aromatic N) is 2. The van der Waals surface area contributed by atoms with Crippen molar-refractivity contribution in [1.82, 2.24) is 9.55 Å². The van der Waals surface area contributed by atoms with Gasteiger partial charge in [0.1, 0.15) is 11.6 Å². The van der Waals surface area contributed by atoms with Gasteiger partial charge in [0.05, 0.1) is 24.4 Å². The Balaban J connectivity index is 1.49. The maximum Gasteiger partial charge on any atom is 0.341 e. The molecule has 9 heteroatoms. The normalized spacial score (nSPS) is 14.6. The molecule has 5 rings (SSSR count). The summed E-state index contributed by atoms with van der Waals surface area (Å²) in [5.41, 5.74) is 4.06. The summed E-state index contributed by atoms with van der Waals surface area (Å²) in [4.78, 5) is 28.6. The van der Waals surface area contributed by atoms with Gasteiger partial charge in [-0.25, -0.2) is 18.6 Å². The number of benzene rings is 3. The van der Waals surface area contributed by atoms with E-state index in [0.29, 0.717) is 34.5 Å². The largest absolute Gasteiger partial charge is 0.491 e. The number of ether oxygens (including phenoxy) is 2. The number of fused-ring (bicyclic) bond motifs is 1. The highest BCUT2D eigenvalue weighted by atomic mass is 19.1. The number of aromatic nitrogens is 2. The number of carboxylic acid groups (broad SMARTS) is 1. The molecule has 1 aromatic heterocycles. The van der Waals surface area contributed by atoms with Gasteiger partial charge in [-0.1, -0.05) is 12.1 Å². The second kappa shape index (κ2) is 10.5. The Bertz CT molecular complexity index is 1520. The van der Waals surface area contributed by atoms with E-state index in [4.69, 9.17) is 14.6 Å². The summed E-state index contributed by atoms with van der Waals surface area (Å²) in [5, 5.41) is 8.83. The summed E-state index contributed by atoms with van der Waals surface area (Å²) in [6, 6.07) is 12.4. The minimum Gasteiger partial charge on any atom is -0.491 e. The van der Waals surface area contributed by atoms with Crippen LogP contribution in [0.15, 0.2) is 67.3 Å². The van der Waals surface area contributed by atoms with Gasteiger partial charge in [-0.2, -0.15) is 0 Å². The van der Waals surface area contributed by atoms with Crippen LogP contribution in [0.25, 0.3) is 11.1 Å². The number of carbonyl (C=O) groups excluding carboxylic acids is 1. The van der Waals surface area contributed by atoms with Gasteiger partial charge in [-0.3, -0.25) is 4.79 Å². The minimum absolute atomic E-state index is 0.0998. The van der Waals surface area contributed by atoms with E-state index in [9.17, 15) is 18.4 Å². The van der Waals surface area contributed by atoms with Gasteiger partial charge < -0.3 is 19.1 Å². The lowest BCUT2D eigenvalue weighted by molar-refractivity contribution is -0.139. The third kappa shape index (κ3) is 5.27. The first-order valence-corrected chi connectivity index (χ1v) is 12.0. The zero-order valence-electron chi connectivity index (χ0n) is 20.5. The average Bonchev–Trinajstić information content (AvgIpc) is 3.39. The summed E-state index contributed by atoms with van der Waals surface area (Å²) in [6.45, 7) is 1.70. The summed E-state index contributed by atoms with van der Waals surface area (Å²) < 4.78 is 41.0. The van der Waals surface area contributed by atoms with Crippen molar-refractivity contribution in [2.24, 2.45) is 5.92 Å². The molecule has 0 spiro atoms. The van der Waals surface area contributed by atoms with Crippen molar-refractivity contribution in [1.29, 1.82) is 0 Å². The second-order valence-electron chi connectivity index (χ2n) is 9.24. The molecule has 0 unspecified atom stereocenters. The fraction of sp³-hybridized carbons (Fsp3) is 0.207. The highest BCUT2D eigenvalue weighted by Gasteiger charge is 2.32. The standard InChI is InChI=1S/C29H24F2N2O5/c1-17-8-21(30)3-4-22(17)23-10-19(13-33-7-6-32-16-33)11-24-28(36)20(14-38-29(23)24)9-18-2-5-25(31)26(12-18)37-15-27(34)35/h2-8,10-12,16,20H,9,13-15H2,1H3,(H,34,35)/t20-/m0/s1. The van der Waals surface area contributed by atoms with Crippen LogP contribution in [-0.4, -0.2) is 39.6 Å². The average molecular weight is 519 g/mol. The number of Topliss-reactive ketones (excluding diaryl/α,β-unsaturated/α-hetero) is 1. The smallest absolute Gasteiger partial charge is 0.341 e. The lowest BCUT2D eigenvalue weighted by atomic mass is 9.86. The van der Waals surface area contributed by atoms with Gasteiger partial charge in [0.15, 0.2) is 24.0 Å². The molecule has 3 aromatic carbocycles. The van der Waals surface area contributed by atoms with Gasteiger partial charge in [-0.15, -0.1) is 0 Å². The van der Waals surface area contributed by atoms with E-state index in [0.717, 1.165) is 11.1 Å². The van der Waals surface area contributed by atoms with Crippen LogP contribution in [0.5, 0.6) is 11.5 Å². The number of aliphatic carboxylic acids is 1. The van der Waals surface area contributed by atoms with Crippen LogP contribution in [0, 0.1) is 24.5 Å². The number of aryl methyl sites for hydroxylation is 1. The predicted octanol–water partition coefficient (Wildman–Crippen LogP) is 5.08. The number of imidazole rings is 1. The molecule has 0 radical (unpaired) electrons. The predicted molar refractivity (Wildman–Crippen MR) is 134 cm³/mol. The molecule has 7 nitrogen and oxygen atoms in total. The Labute approximate surface area is 217 Å². The number of hydrogen-bond acceptors (Lipinski definition) is 5. The minimum atomic E-state index is -1.22. The first-order chi connectivity index (χ1) is 18.3. The van der Waals surface area contributed by atoms with Crippen molar-refractivity contribution in [3.63, 3.8) is 0 Å². The van der Waals surface area contributed by atoms with Crippen molar-refractivity contribution >= 4 is 11.8 Å². The van der Waals surface area contributed by atoms with Crippen LogP contribution in [0.2, 0.25) is 0 Å². The molecule has 1 N–H and O–H groups in total. The van der Waals surface area contributed by atoms with Crippen LogP contribution in [0.3, 0.4) is 0 Å². The first-order valence-electron chi connectivity index (χ1n) is 12.0. The molecule has 0 amide bonds. The van der Waals surface area contributed by atoms with Crippen molar-refractivity contribution in [3.05, 3.63) is 101 Å². The zero-order chi connectivity index (χ0) is 26.8. The molecule has 1 atom stereocenters. The third-order valence-corrected chi connectivity index (χ3v) is 6.45. The SMILES string of the molecule is Cc1cc(F)ccc1-c1cc(Cn2ccnc2)cc2c1OC[C@H](Cc1ccc(F)c(OCC(=O)O)c1)C2=O. The fourth-order valence-electron chi connectivity index (χ4n) is 4.68. The lowest BCUT2D eigenvalue weighted by Crippen LogP contribution is -2.30. The number of carboxylic acids is 1. The molecule has 1 aliphatic rings. The molecule has 38 heavy (non-hydrogen) atoms. The summed E-state index contributed by atoms with van der Waals surface area (Å²) in [5.74, 6) is -2.68. The van der Waals surface area contributed by atoms with Gasteiger partial charge in [0, 0.05) is 24.5 Å². The Morgan fingerprint density at radius 1 is 1.11 bits per heavy atom. The monoisotopic (exact) mass is 518 g/mol. The van der Waals surface area contributed by atoms with Gasteiger partial charge in [-0.05, 0) is 72.0 Å². The lowest BCUT2D eigenvalue weighted by Gasteiger charge is -2.27. The van der Waals surface area contributed by atoms with E-state index in [1.807, 2.05) is 16.8 Å². The molecule has 4 aromatic rings. The molecule has 1 aliphatic heterocycles. The quantitative estimate of drug-likeness (QED) is 0.350. The molecule has 0 saturated carbocycles. The zero-order valence-corrected chi connectivity index (χ0v) is 20.5. The number of halogens is 2. The van der Waals surface area contributed by atoms with Crippen LogP contribution in [-0.2, 0) is 17.8 Å². The second-order valence-corrected chi connectivity index (χ2v) is 9.24. The maximum absolute atomic E-state index is 14.1. The summed E-state index contributed by atoms with van der Waals surface area (Å²) in [7, 11) is 0. The van der Waals surface area contributed by atoms with E-state index in [-0.39, 0.29) is 30.4 Å². The van der Waals surface area contributed by atoms with Gasteiger partial charge >= 0.3 is 5.97 Å². The number of rotatable bonds is 8. The Kier molecular flexibility index (Phi) is 6.91. The van der Waals surface area contributed by atoms with Crippen LogP contribution in [0.1, 0.15) is 27.0 Å². The van der Waals surface area contributed by atoms with Crippen molar-refractivity contribution in [2.45, 2.75) is 19.9 Å². The van der Waals surface area contributed by atoms with Crippen LogP contribution < -0.4 is 9.47 Å². The molecule has 0 fully saturated rings. The van der Waals surface area contributed by atoms with E-state index in [1.165, 1.54) is 30.3 Å². The highest BCUT2D eigenvalue weighted by molar-refractivity contribution is 6.04. The Morgan fingerprint density at radius 3 is 2.66 bits per heavy atom. The molecule has 2 heterocycles. The highest BCUT2D eigenvalue weighted by Crippen LogP contribution is 2.41. The third-order valence-electron chi connectivity index (χ3n) is 6.45. The fourth-order valence-corrected chi connectivity index (χ4v) is 4.68. The van der Waals surface area contributed by atoms with E-state index in [2.05, 4.69) is 4.98 Å². The Hall–Kier alpha value is -4.53. The van der Waals surface area contributed by atoms with Crippen LogP contribution >= 0.6 is 0 Å². The number of hydrogen-bond donors (Lipinski definition) is 1. The van der Waals surface area contributed by atoms with E-state index < -0.39 is 24.3 Å². The first kappa shape index (κ1) is 25.1. The van der Waals surface area contributed by atoms with E-state index in [1.54, 1.807) is 31.6 Å². The Morgan fingerprint density at radius 2 is 1.92 bits per heavy atom. The van der Waals surface area contributed by atoms with Crippen molar-refractivity contribution in [3.8, 4) is 22.6 Å². The number of ketones is 1. The van der Waals surface area contributed by atoms with Gasteiger partial charge in [0.25, 0.3) is 0 Å². The molecular formula is C29H24F2N2O5. The molecule has 0 aliphatic carbocycles. The maximum atomic E-state index is 14.1. The molecule has 0 saturated heterocycles. The number of carbonyl (C=O) groups is 2. The van der Waals surface area contributed by atoms with Crippen molar-refractivity contribution < 1.29 is 33.0 Å². The van der Waals surface area contributed by atoms with Crippen molar-refractivity contribution in [2.75, 3.05) is 13.2 Å². The summed E-state index contributed by atoms with van der Waals surface area (Å²) in [6.07, 6.45) is 5.42. The summed E-state index contributed by atoms with van der Waals surface area (Å²) >= 11 is 0. The topological polar surface area (TPSA) is 90.7 Å². The van der Waals surface area contributed by atoms with E-state index >= 15 is 0 Å².